The van der Waals surface area contributed by atoms with Crippen molar-refractivity contribution >= 4 is 10.9 Å². The number of hydrogen-bond donors (Lipinski definition) is 1. The zero-order chi connectivity index (χ0) is 13.1. The first-order chi connectivity index (χ1) is 8.58. The zero-order valence-electron chi connectivity index (χ0n) is 10.6. The third-order valence-corrected chi connectivity index (χ3v) is 3.00. The minimum Gasteiger partial charge on any atom is -0.361 e. The van der Waals surface area contributed by atoms with Crippen LogP contribution in [0.2, 0.25) is 0 Å². The predicted molar refractivity (Wildman–Crippen MR) is 71.3 cm³/mol. The summed E-state index contributed by atoms with van der Waals surface area (Å²) in [4.78, 5) is 15.9. The topological polar surface area (TPSA) is 62.2 Å². The summed E-state index contributed by atoms with van der Waals surface area (Å²) < 4.78 is 0. The van der Waals surface area contributed by atoms with E-state index in [4.69, 9.17) is 0 Å². The number of nitrogens with zero attached hydrogens (tertiary/aromatic N) is 2. The van der Waals surface area contributed by atoms with Gasteiger partial charge < -0.3 is 9.88 Å². The van der Waals surface area contributed by atoms with Gasteiger partial charge in [0.1, 0.15) is 0 Å². The number of hydrogen-bond acceptors (Lipinski definition) is 3. The Bertz CT molecular complexity index is 548. The molecule has 0 radical (unpaired) electrons. The van der Waals surface area contributed by atoms with Crippen molar-refractivity contribution in [2.24, 2.45) is 0 Å². The second-order valence-electron chi connectivity index (χ2n) is 4.77. The van der Waals surface area contributed by atoms with Crippen LogP contribution < -0.4 is 0 Å². The van der Waals surface area contributed by atoms with Crippen molar-refractivity contribution in [3.05, 3.63) is 46.1 Å². The average molecular weight is 247 g/mol. The molecule has 1 atom stereocenters. The smallest absolute Gasteiger partial charge is 0.229 e. The van der Waals surface area contributed by atoms with Crippen molar-refractivity contribution in [1.29, 1.82) is 0 Å². The largest absolute Gasteiger partial charge is 0.361 e. The number of para-hydroxylation sites is 1. The van der Waals surface area contributed by atoms with Crippen molar-refractivity contribution < 1.29 is 4.92 Å². The van der Waals surface area contributed by atoms with Gasteiger partial charge in [-0.3, -0.25) is 10.1 Å². The minimum atomic E-state index is -0.570. The second kappa shape index (κ2) is 5.18. The molecule has 0 spiro atoms. The van der Waals surface area contributed by atoms with E-state index >= 15 is 0 Å². The van der Waals surface area contributed by atoms with Gasteiger partial charge in [-0.15, -0.1) is 0 Å². The second-order valence-corrected chi connectivity index (χ2v) is 4.77. The highest BCUT2D eigenvalue weighted by atomic mass is 16.6. The van der Waals surface area contributed by atoms with E-state index in [1.807, 2.05) is 49.5 Å². The van der Waals surface area contributed by atoms with E-state index in [2.05, 4.69) is 4.98 Å². The van der Waals surface area contributed by atoms with E-state index in [1.54, 1.807) is 0 Å². The molecule has 0 aliphatic heterocycles. The first-order valence-corrected chi connectivity index (χ1v) is 5.91. The van der Waals surface area contributed by atoms with Gasteiger partial charge in [-0.1, -0.05) is 18.2 Å². The van der Waals surface area contributed by atoms with Gasteiger partial charge in [0.15, 0.2) is 0 Å². The molecule has 0 saturated heterocycles. The van der Waals surface area contributed by atoms with E-state index in [9.17, 15) is 10.1 Å². The Kier molecular flexibility index (Phi) is 3.62. The fraction of sp³-hybridized carbons (Fsp3) is 0.385. The molecule has 5 nitrogen and oxygen atoms in total. The van der Waals surface area contributed by atoms with Crippen molar-refractivity contribution in [2.45, 2.75) is 12.5 Å². The molecular weight excluding hydrogens is 230 g/mol. The average Bonchev–Trinajstić information content (AvgIpc) is 2.71. The third-order valence-electron chi connectivity index (χ3n) is 3.00. The van der Waals surface area contributed by atoms with Gasteiger partial charge in [-0.2, -0.15) is 0 Å². The lowest BCUT2D eigenvalue weighted by molar-refractivity contribution is -0.522. The monoisotopic (exact) mass is 247 g/mol. The molecule has 5 heteroatoms. The molecule has 1 aromatic heterocycles. The van der Waals surface area contributed by atoms with Gasteiger partial charge in [0.2, 0.25) is 6.04 Å². The van der Waals surface area contributed by atoms with Gasteiger partial charge in [-0.25, -0.2) is 0 Å². The summed E-state index contributed by atoms with van der Waals surface area (Å²) in [6.45, 7) is 0.451. The Morgan fingerprint density at radius 3 is 2.78 bits per heavy atom. The molecule has 0 bridgehead atoms. The first-order valence-electron chi connectivity index (χ1n) is 5.91. The molecule has 0 unspecified atom stereocenters. The number of aromatic nitrogens is 1. The van der Waals surface area contributed by atoms with E-state index in [1.165, 1.54) is 0 Å². The van der Waals surface area contributed by atoms with Crippen molar-refractivity contribution in [3.63, 3.8) is 0 Å². The third kappa shape index (κ3) is 2.68. The maximum absolute atomic E-state index is 11.1. The van der Waals surface area contributed by atoms with Crippen LogP contribution in [0.4, 0.5) is 0 Å². The Hall–Kier alpha value is -1.88. The van der Waals surface area contributed by atoms with Crippen molar-refractivity contribution in [2.75, 3.05) is 20.6 Å². The summed E-state index contributed by atoms with van der Waals surface area (Å²) in [5.41, 5.74) is 2.04. The highest BCUT2D eigenvalue weighted by molar-refractivity contribution is 5.83. The van der Waals surface area contributed by atoms with Gasteiger partial charge in [-0.05, 0) is 25.7 Å². The van der Waals surface area contributed by atoms with Crippen LogP contribution >= 0.6 is 0 Å². The van der Waals surface area contributed by atoms with E-state index in [0.717, 1.165) is 16.5 Å². The van der Waals surface area contributed by atoms with Crippen LogP contribution in [-0.4, -0.2) is 41.5 Å². The molecule has 0 saturated carbocycles. The molecule has 1 aromatic carbocycles. The van der Waals surface area contributed by atoms with Gasteiger partial charge in [0.25, 0.3) is 0 Å². The van der Waals surface area contributed by atoms with Crippen LogP contribution in [0.3, 0.4) is 0 Å². The van der Waals surface area contributed by atoms with Crippen molar-refractivity contribution in [1.82, 2.24) is 9.88 Å². The Morgan fingerprint density at radius 1 is 1.39 bits per heavy atom. The van der Waals surface area contributed by atoms with E-state index in [0.29, 0.717) is 13.0 Å². The molecule has 18 heavy (non-hydrogen) atoms. The summed E-state index contributed by atoms with van der Waals surface area (Å²) in [7, 11) is 3.71. The Balaban J connectivity index is 2.23. The first kappa shape index (κ1) is 12.6. The number of H-pyrrole nitrogens is 1. The maximum Gasteiger partial charge on any atom is 0.229 e. The molecule has 96 valence electrons. The molecule has 1 heterocycles. The highest BCUT2D eigenvalue weighted by Gasteiger charge is 2.22. The predicted octanol–water partition coefficient (Wildman–Crippen LogP) is 1.92. The number of aromatic amines is 1. The molecular formula is C13H17N3O2. The fourth-order valence-corrected chi connectivity index (χ4v) is 2.18. The standard InChI is InChI=1S/C13H17N3O2/c1-15(2)9-11(16(17)18)7-10-8-14-13-6-4-3-5-12(10)13/h3-6,8,11,14H,7,9H2,1-2H3/t11-/m1/s1. The number of fused-ring (bicyclic) bond motifs is 1. The zero-order valence-corrected chi connectivity index (χ0v) is 10.6. The number of benzene rings is 1. The molecule has 1 N–H and O–H groups in total. The lowest BCUT2D eigenvalue weighted by atomic mass is 10.1. The van der Waals surface area contributed by atoms with E-state index in [-0.39, 0.29) is 4.92 Å². The van der Waals surface area contributed by atoms with Crippen LogP contribution in [0, 0.1) is 10.1 Å². The van der Waals surface area contributed by atoms with Gasteiger partial charge in [0.05, 0.1) is 6.54 Å². The Morgan fingerprint density at radius 2 is 2.11 bits per heavy atom. The van der Waals surface area contributed by atoms with Crippen LogP contribution in [0.1, 0.15) is 5.56 Å². The number of nitro groups is 1. The van der Waals surface area contributed by atoms with Crippen molar-refractivity contribution in [3.8, 4) is 0 Å². The fourth-order valence-electron chi connectivity index (χ4n) is 2.18. The lowest BCUT2D eigenvalue weighted by Gasteiger charge is -2.14. The number of likely N-dealkylation sites (N-methyl/N-ethyl adjacent to an activating group) is 1. The number of rotatable bonds is 5. The summed E-state index contributed by atoms with van der Waals surface area (Å²) in [6.07, 6.45) is 2.33. The molecule has 0 fully saturated rings. The molecule has 2 aromatic rings. The van der Waals surface area contributed by atoms with Crippen LogP contribution in [0.15, 0.2) is 30.5 Å². The van der Waals surface area contributed by atoms with Crippen LogP contribution in [0.25, 0.3) is 10.9 Å². The summed E-state index contributed by atoms with van der Waals surface area (Å²) in [6, 6.07) is 7.30. The SMILES string of the molecule is CN(C)C[C@@H](Cc1c[nH]c2ccccc12)[N+](=O)[O-]. The van der Waals surface area contributed by atoms with Crippen LogP contribution in [-0.2, 0) is 6.42 Å². The highest BCUT2D eigenvalue weighted by Crippen LogP contribution is 2.19. The Labute approximate surface area is 106 Å². The minimum absolute atomic E-state index is 0.193. The van der Waals surface area contributed by atoms with Crippen LogP contribution in [0.5, 0.6) is 0 Å². The summed E-state index contributed by atoms with van der Waals surface area (Å²) in [5, 5.41) is 12.1. The molecule has 0 aliphatic carbocycles. The molecule has 2 rings (SSSR count). The molecule has 0 amide bonds. The van der Waals surface area contributed by atoms with E-state index < -0.39 is 6.04 Å². The quantitative estimate of drug-likeness (QED) is 0.648. The lowest BCUT2D eigenvalue weighted by Crippen LogP contribution is -2.34. The summed E-state index contributed by atoms with van der Waals surface area (Å²) >= 11 is 0. The van der Waals surface area contributed by atoms with Gasteiger partial charge >= 0.3 is 0 Å². The maximum atomic E-state index is 11.1. The normalized spacial score (nSPS) is 13.1. The summed E-state index contributed by atoms with van der Waals surface area (Å²) in [5.74, 6) is 0. The number of nitrogens with one attached hydrogen (secondary N) is 1. The molecule has 0 aliphatic rings. The van der Waals surface area contributed by atoms with Gasteiger partial charge in [0, 0.05) is 28.4 Å².